The fourth-order valence-electron chi connectivity index (χ4n) is 1.86. The van der Waals surface area contributed by atoms with Crippen LogP contribution < -0.4 is 16.0 Å². The third-order valence-corrected chi connectivity index (χ3v) is 3.17. The molecular weight excluding hydrogens is 258 g/mol. The van der Waals surface area contributed by atoms with Crippen molar-refractivity contribution in [2.24, 2.45) is 5.92 Å². The Kier molecular flexibility index (Phi) is 5.09. The van der Waals surface area contributed by atoms with E-state index in [1.807, 2.05) is 0 Å². The Balaban J connectivity index is 2.01. The highest BCUT2D eigenvalue weighted by molar-refractivity contribution is 6.04. The molecule has 1 fully saturated rings. The molecule has 0 saturated carbocycles. The van der Waals surface area contributed by atoms with Crippen molar-refractivity contribution in [3.63, 3.8) is 0 Å². The van der Waals surface area contributed by atoms with Crippen LogP contribution in [-0.4, -0.2) is 45.2 Å². The molecule has 1 aliphatic heterocycles. The van der Waals surface area contributed by atoms with Crippen molar-refractivity contribution in [1.29, 1.82) is 0 Å². The van der Waals surface area contributed by atoms with Gasteiger partial charge in [0.05, 0.1) is 23.8 Å². The zero-order chi connectivity index (χ0) is 14.4. The summed E-state index contributed by atoms with van der Waals surface area (Å²) in [5, 5.41) is 8.60. The molecule has 3 N–H and O–H groups in total. The molecule has 6 heteroatoms. The lowest BCUT2D eigenvalue weighted by Gasteiger charge is -2.26. The van der Waals surface area contributed by atoms with E-state index in [0.717, 1.165) is 0 Å². The molecule has 1 heterocycles. The Morgan fingerprint density at radius 2 is 2.10 bits per heavy atom. The smallest absolute Gasteiger partial charge is 0.253 e. The summed E-state index contributed by atoms with van der Waals surface area (Å²) in [5.41, 5.74) is 1.00. The lowest BCUT2D eigenvalue weighted by atomic mass is 10.0. The van der Waals surface area contributed by atoms with E-state index < -0.39 is 0 Å². The number of para-hydroxylation sites is 1. The number of amides is 2. The minimum atomic E-state index is -0.218. The summed E-state index contributed by atoms with van der Waals surface area (Å²) in [5.74, 6) is -0.287. The Morgan fingerprint density at radius 3 is 2.75 bits per heavy atom. The predicted octanol–water partition coefficient (Wildman–Crippen LogP) is 0.221. The zero-order valence-corrected chi connectivity index (χ0v) is 11.4. The Bertz CT molecular complexity index is 486. The number of methoxy groups -OCH3 is 1. The van der Waals surface area contributed by atoms with Gasteiger partial charge in [-0.3, -0.25) is 9.59 Å². The summed E-state index contributed by atoms with van der Waals surface area (Å²) >= 11 is 0. The first-order valence-electron chi connectivity index (χ1n) is 6.60. The number of hydrogen-bond donors (Lipinski definition) is 3. The van der Waals surface area contributed by atoms with Crippen LogP contribution in [0.2, 0.25) is 0 Å². The molecule has 1 aromatic carbocycles. The molecule has 0 aliphatic carbocycles. The molecule has 0 bridgehead atoms. The monoisotopic (exact) mass is 277 g/mol. The van der Waals surface area contributed by atoms with Gasteiger partial charge in [-0.2, -0.15) is 0 Å². The second-order valence-electron chi connectivity index (χ2n) is 4.64. The van der Waals surface area contributed by atoms with Gasteiger partial charge in [0.25, 0.3) is 5.91 Å². The quantitative estimate of drug-likeness (QED) is 0.650. The summed E-state index contributed by atoms with van der Waals surface area (Å²) in [6.45, 7) is 2.26. The molecule has 2 amide bonds. The first kappa shape index (κ1) is 14.5. The third kappa shape index (κ3) is 3.55. The fourth-order valence-corrected chi connectivity index (χ4v) is 1.86. The van der Waals surface area contributed by atoms with Crippen molar-refractivity contribution in [3.05, 3.63) is 29.8 Å². The number of nitrogens with one attached hydrogen (secondary N) is 3. The predicted molar refractivity (Wildman–Crippen MR) is 75.6 cm³/mol. The summed E-state index contributed by atoms with van der Waals surface area (Å²) in [6.07, 6.45) is 0. The van der Waals surface area contributed by atoms with Gasteiger partial charge < -0.3 is 20.7 Å². The Labute approximate surface area is 117 Å². The first-order chi connectivity index (χ1) is 9.72. The molecule has 20 heavy (non-hydrogen) atoms. The van der Waals surface area contributed by atoms with Crippen LogP contribution in [0.25, 0.3) is 0 Å². The van der Waals surface area contributed by atoms with E-state index in [1.54, 1.807) is 31.4 Å². The van der Waals surface area contributed by atoms with Gasteiger partial charge in [0.15, 0.2) is 0 Å². The van der Waals surface area contributed by atoms with Crippen LogP contribution >= 0.6 is 0 Å². The molecule has 0 spiro atoms. The lowest BCUT2D eigenvalue weighted by molar-refractivity contribution is -0.121. The largest absolute Gasteiger partial charge is 0.383 e. The van der Waals surface area contributed by atoms with E-state index in [-0.39, 0.29) is 17.7 Å². The second-order valence-corrected chi connectivity index (χ2v) is 4.64. The van der Waals surface area contributed by atoms with Crippen LogP contribution in [0.4, 0.5) is 5.69 Å². The van der Waals surface area contributed by atoms with Crippen molar-refractivity contribution >= 4 is 17.5 Å². The summed E-state index contributed by atoms with van der Waals surface area (Å²) < 4.78 is 4.89. The molecular formula is C14H19N3O3. The first-order valence-corrected chi connectivity index (χ1v) is 6.60. The summed E-state index contributed by atoms with van der Waals surface area (Å²) in [7, 11) is 1.58. The molecule has 0 radical (unpaired) electrons. The summed E-state index contributed by atoms with van der Waals surface area (Å²) in [4.78, 5) is 24.0. The van der Waals surface area contributed by atoms with Crippen molar-refractivity contribution in [2.75, 3.05) is 38.7 Å². The van der Waals surface area contributed by atoms with Crippen LogP contribution in [0.5, 0.6) is 0 Å². The Morgan fingerprint density at radius 1 is 1.35 bits per heavy atom. The van der Waals surface area contributed by atoms with E-state index in [2.05, 4.69) is 16.0 Å². The maximum atomic E-state index is 12.0. The minimum absolute atomic E-state index is 0.0143. The number of rotatable bonds is 6. The van der Waals surface area contributed by atoms with Crippen molar-refractivity contribution < 1.29 is 14.3 Å². The van der Waals surface area contributed by atoms with Crippen LogP contribution in [0.3, 0.4) is 0 Å². The maximum absolute atomic E-state index is 12.0. The van der Waals surface area contributed by atoms with Gasteiger partial charge in [-0.15, -0.1) is 0 Å². The van der Waals surface area contributed by atoms with Crippen LogP contribution in [-0.2, 0) is 9.53 Å². The van der Waals surface area contributed by atoms with Crippen molar-refractivity contribution in [1.82, 2.24) is 10.6 Å². The SMILES string of the molecule is COCCNC(=O)c1ccccc1NC(=O)C1CNC1. The van der Waals surface area contributed by atoms with Crippen LogP contribution in [0.15, 0.2) is 24.3 Å². The van der Waals surface area contributed by atoms with Crippen LogP contribution in [0.1, 0.15) is 10.4 Å². The normalized spacial score (nSPS) is 14.4. The lowest BCUT2D eigenvalue weighted by Crippen LogP contribution is -2.48. The third-order valence-electron chi connectivity index (χ3n) is 3.17. The molecule has 6 nitrogen and oxygen atoms in total. The van der Waals surface area contributed by atoms with Gasteiger partial charge in [0, 0.05) is 26.7 Å². The minimum Gasteiger partial charge on any atom is -0.383 e. The van der Waals surface area contributed by atoms with Crippen molar-refractivity contribution in [2.45, 2.75) is 0 Å². The molecule has 1 aliphatic rings. The van der Waals surface area contributed by atoms with Crippen molar-refractivity contribution in [3.8, 4) is 0 Å². The van der Waals surface area contributed by atoms with Gasteiger partial charge in [-0.25, -0.2) is 0 Å². The average molecular weight is 277 g/mol. The molecule has 1 aromatic rings. The highest BCUT2D eigenvalue weighted by Gasteiger charge is 2.25. The Hall–Kier alpha value is -1.92. The maximum Gasteiger partial charge on any atom is 0.253 e. The number of benzene rings is 1. The van der Waals surface area contributed by atoms with Gasteiger partial charge in [-0.1, -0.05) is 12.1 Å². The number of carbonyl (C=O) groups excluding carboxylic acids is 2. The molecule has 0 atom stereocenters. The number of ether oxygens (including phenoxy) is 1. The highest BCUT2D eigenvalue weighted by atomic mass is 16.5. The second kappa shape index (κ2) is 7.02. The molecule has 108 valence electrons. The van der Waals surface area contributed by atoms with Gasteiger partial charge in [-0.05, 0) is 12.1 Å². The van der Waals surface area contributed by atoms with E-state index in [0.29, 0.717) is 37.5 Å². The van der Waals surface area contributed by atoms with E-state index >= 15 is 0 Å². The standard InChI is InChI=1S/C14H19N3O3/c1-20-7-6-16-14(19)11-4-2-3-5-12(11)17-13(18)10-8-15-9-10/h2-5,10,15H,6-9H2,1H3,(H,16,19)(H,17,18). The van der Waals surface area contributed by atoms with E-state index in [9.17, 15) is 9.59 Å². The average Bonchev–Trinajstić information content (AvgIpc) is 2.37. The van der Waals surface area contributed by atoms with Gasteiger partial charge in [0.2, 0.25) is 5.91 Å². The fraction of sp³-hybridized carbons (Fsp3) is 0.429. The van der Waals surface area contributed by atoms with E-state index in [1.165, 1.54) is 0 Å². The number of carbonyl (C=O) groups is 2. The topological polar surface area (TPSA) is 79.5 Å². The molecule has 1 saturated heterocycles. The number of hydrogen-bond acceptors (Lipinski definition) is 4. The van der Waals surface area contributed by atoms with Gasteiger partial charge in [0.1, 0.15) is 0 Å². The van der Waals surface area contributed by atoms with Crippen LogP contribution in [0, 0.1) is 5.92 Å². The summed E-state index contributed by atoms with van der Waals surface area (Å²) in [6, 6.07) is 6.98. The van der Waals surface area contributed by atoms with Gasteiger partial charge >= 0.3 is 0 Å². The molecule has 0 unspecified atom stereocenters. The highest BCUT2D eigenvalue weighted by Crippen LogP contribution is 2.17. The number of anilines is 1. The molecule has 2 rings (SSSR count). The zero-order valence-electron chi connectivity index (χ0n) is 11.4. The van der Waals surface area contributed by atoms with E-state index in [4.69, 9.17) is 4.74 Å². The molecule has 0 aromatic heterocycles.